The van der Waals surface area contributed by atoms with E-state index < -0.39 is 35.0 Å². The summed E-state index contributed by atoms with van der Waals surface area (Å²) in [6.45, 7) is 1.39. The molecule has 0 fully saturated rings. The number of hydrogen-bond acceptors (Lipinski definition) is 7. The van der Waals surface area contributed by atoms with Gasteiger partial charge in [0.05, 0.1) is 22.8 Å². The number of esters is 1. The van der Waals surface area contributed by atoms with Crippen molar-refractivity contribution in [1.29, 1.82) is 0 Å². The predicted molar refractivity (Wildman–Crippen MR) is 125 cm³/mol. The van der Waals surface area contributed by atoms with Gasteiger partial charge in [-0.3, -0.25) is 9.36 Å². The van der Waals surface area contributed by atoms with Crippen molar-refractivity contribution in [3.63, 3.8) is 0 Å². The fourth-order valence-electron chi connectivity index (χ4n) is 3.96. The summed E-state index contributed by atoms with van der Waals surface area (Å²) in [7, 11) is 0. The lowest BCUT2D eigenvalue weighted by Gasteiger charge is -2.26. The van der Waals surface area contributed by atoms with Gasteiger partial charge in [0.2, 0.25) is 6.79 Å². The number of halogens is 4. The minimum absolute atomic E-state index is 0.0684. The number of alkyl halides is 3. The van der Waals surface area contributed by atoms with Gasteiger partial charge >= 0.3 is 12.1 Å². The Balaban J connectivity index is 1.76. The summed E-state index contributed by atoms with van der Waals surface area (Å²) < 4.78 is 59.2. The van der Waals surface area contributed by atoms with E-state index in [1.165, 1.54) is 37.3 Å². The van der Waals surface area contributed by atoms with Crippen molar-refractivity contribution >= 4 is 35.0 Å². The van der Waals surface area contributed by atoms with Crippen molar-refractivity contribution in [2.45, 2.75) is 19.1 Å². The Morgan fingerprint density at radius 2 is 1.94 bits per heavy atom. The van der Waals surface area contributed by atoms with Gasteiger partial charge in [-0.2, -0.15) is 13.2 Å². The molecule has 12 heteroatoms. The Labute approximate surface area is 210 Å². The Hall–Kier alpha value is -3.57. The van der Waals surface area contributed by atoms with Crippen molar-refractivity contribution in [2.24, 2.45) is 4.99 Å². The van der Waals surface area contributed by atoms with Crippen molar-refractivity contribution in [3.8, 4) is 11.5 Å². The van der Waals surface area contributed by atoms with Gasteiger partial charge in [0.25, 0.3) is 5.56 Å². The number of thiazole rings is 1. The molecule has 3 heterocycles. The number of fused-ring (bicyclic) bond motifs is 2. The zero-order valence-electron chi connectivity index (χ0n) is 18.5. The second-order valence-electron chi connectivity index (χ2n) is 7.73. The molecule has 0 saturated heterocycles. The molecule has 0 radical (unpaired) electrons. The summed E-state index contributed by atoms with van der Waals surface area (Å²) in [5, 5.41) is 0.340. The van der Waals surface area contributed by atoms with E-state index >= 15 is 0 Å². The lowest BCUT2D eigenvalue weighted by atomic mass is 9.95. The Morgan fingerprint density at radius 1 is 1.22 bits per heavy atom. The van der Waals surface area contributed by atoms with Crippen LogP contribution in [0.2, 0.25) is 5.02 Å². The number of benzene rings is 2. The van der Waals surface area contributed by atoms with E-state index in [1.807, 2.05) is 0 Å². The Morgan fingerprint density at radius 3 is 2.64 bits per heavy atom. The van der Waals surface area contributed by atoms with Gasteiger partial charge in [-0.15, -0.1) is 0 Å². The van der Waals surface area contributed by atoms with E-state index in [2.05, 4.69) is 4.99 Å². The van der Waals surface area contributed by atoms with Crippen molar-refractivity contribution < 1.29 is 32.2 Å². The summed E-state index contributed by atoms with van der Waals surface area (Å²) in [4.78, 5) is 29.9. The third-order valence-corrected chi connectivity index (χ3v) is 6.71. The zero-order valence-corrected chi connectivity index (χ0v) is 20.0. The highest BCUT2D eigenvalue weighted by atomic mass is 35.5. The lowest BCUT2D eigenvalue weighted by molar-refractivity contribution is -0.140. The average molecular weight is 537 g/mol. The molecule has 2 aliphatic heterocycles. The van der Waals surface area contributed by atoms with E-state index in [4.69, 9.17) is 25.8 Å². The SMILES string of the molecule is CCOC(=O)C1=C(C(F)(F)F)N=c2s/c(=C\c3ccc4c(c3)OCO4)c(=O)n2[C@@H]1c1ccc(Cl)cc1. The number of nitrogens with zero attached hydrogens (tertiary/aromatic N) is 2. The molecule has 186 valence electrons. The highest BCUT2D eigenvalue weighted by molar-refractivity contribution is 7.07. The topological polar surface area (TPSA) is 79.1 Å². The molecule has 0 saturated carbocycles. The van der Waals surface area contributed by atoms with Crippen LogP contribution in [0.4, 0.5) is 13.2 Å². The fourth-order valence-corrected chi connectivity index (χ4v) is 5.08. The first kappa shape index (κ1) is 24.1. The molecule has 1 atom stereocenters. The molecule has 2 aliphatic rings. The van der Waals surface area contributed by atoms with E-state index in [-0.39, 0.29) is 28.3 Å². The van der Waals surface area contributed by atoms with Crippen molar-refractivity contribution in [1.82, 2.24) is 4.57 Å². The van der Waals surface area contributed by atoms with Gasteiger partial charge in [0.15, 0.2) is 22.0 Å². The summed E-state index contributed by atoms with van der Waals surface area (Å²) in [6.07, 6.45) is -3.45. The van der Waals surface area contributed by atoms with Crippen LogP contribution >= 0.6 is 22.9 Å². The van der Waals surface area contributed by atoms with E-state index in [1.54, 1.807) is 18.2 Å². The number of carbonyl (C=O) groups is 1. The van der Waals surface area contributed by atoms with Crippen molar-refractivity contribution in [2.75, 3.05) is 13.4 Å². The monoisotopic (exact) mass is 536 g/mol. The molecular weight excluding hydrogens is 521 g/mol. The number of allylic oxidation sites excluding steroid dienone is 1. The highest BCUT2D eigenvalue weighted by Crippen LogP contribution is 2.38. The number of ether oxygens (including phenoxy) is 3. The average Bonchev–Trinajstić information content (AvgIpc) is 3.42. The van der Waals surface area contributed by atoms with Crippen LogP contribution in [0.1, 0.15) is 24.1 Å². The van der Waals surface area contributed by atoms with Gasteiger partial charge in [-0.05, 0) is 48.4 Å². The summed E-state index contributed by atoms with van der Waals surface area (Å²) >= 11 is 6.76. The molecule has 7 nitrogen and oxygen atoms in total. The normalized spacial score (nSPS) is 17.1. The maximum atomic E-state index is 14.1. The highest BCUT2D eigenvalue weighted by Gasteiger charge is 2.45. The molecule has 2 aromatic carbocycles. The Kier molecular flexibility index (Phi) is 6.13. The van der Waals surface area contributed by atoms with E-state index in [0.29, 0.717) is 22.1 Å². The number of aromatic nitrogens is 1. The first-order valence-corrected chi connectivity index (χ1v) is 11.8. The number of carbonyl (C=O) groups excluding carboxylic acids is 1. The van der Waals surface area contributed by atoms with Gasteiger partial charge in [0, 0.05) is 5.02 Å². The molecule has 0 amide bonds. The summed E-state index contributed by atoms with van der Waals surface area (Å²) in [5.74, 6) is -0.177. The van der Waals surface area contributed by atoms with Crippen LogP contribution in [-0.2, 0) is 9.53 Å². The standard InChI is InChI=1S/C24H16ClF3N2O5S/c1-2-33-22(32)18-19(13-4-6-14(25)7-5-13)30-21(31)17(36-23(30)29-20(18)24(26,27)28)10-12-3-8-15-16(9-12)35-11-34-15/h3-10,19H,2,11H2,1H3/b17-10-/t19-/m1/s1. The van der Waals surface area contributed by atoms with E-state index in [9.17, 15) is 22.8 Å². The smallest absolute Gasteiger partial charge is 0.434 e. The molecule has 1 aromatic heterocycles. The molecule has 0 spiro atoms. The second-order valence-corrected chi connectivity index (χ2v) is 9.17. The van der Waals surface area contributed by atoms with Gasteiger partial charge in [-0.25, -0.2) is 9.79 Å². The first-order chi connectivity index (χ1) is 17.2. The molecule has 0 unspecified atom stereocenters. The van der Waals surface area contributed by atoms with Gasteiger partial charge < -0.3 is 14.2 Å². The summed E-state index contributed by atoms with van der Waals surface area (Å²) in [5.41, 5.74) is -1.96. The third kappa shape index (κ3) is 4.28. The maximum Gasteiger partial charge on any atom is 0.434 e. The van der Waals surface area contributed by atoms with Gasteiger partial charge in [0.1, 0.15) is 0 Å². The van der Waals surface area contributed by atoms with Crippen LogP contribution in [-0.4, -0.2) is 30.1 Å². The molecule has 0 aliphatic carbocycles. The van der Waals surface area contributed by atoms with Crippen LogP contribution < -0.4 is 24.4 Å². The van der Waals surface area contributed by atoms with Crippen LogP contribution in [0.3, 0.4) is 0 Å². The van der Waals surface area contributed by atoms with E-state index in [0.717, 1.165) is 15.9 Å². The fraction of sp³-hybridized carbons (Fsp3) is 0.208. The predicted octanol–water partition coefficient (Wildman–Crippen LogP) is 3.72. The molecule has 0 N–H and O–H groups in total. The second kappa shape index (κ2) is 9.14. The van der Waals surface area contributed by atoms with Crippen LogP contribution in [0.25, 0.3) is 6.08 Å². The summed E-state index contributed by atoms with van der Waals surface area (Å²) in [6, 6.07) is 9.44. The van der Waals surface area contributed by atoms with Gasteiger partial charge in [-0.1, -0.05) is 41.1 Å². The molecule has 0 bridgehead atoms. The number of rotatable bonds is 4. The molecular formula is C24H16ClF3N2O5S. The first-order valence-electron chi connectivity index (χ1n) is 10.6. The zero-order chi connectivity index (χ0) is 25.6. The molecule has 36 heavy (non-hydrogen) atoms. The minimum Gasteiger partial charge on any atom is -0.463 e. The molecule has 5 rings (SSSR count). The van der Waals surface area contributed by atoms with Crippen LogP contribution in [0, 0.1) is 0 Å². The van der Waals surface area contributed by atoms with Crippen LogP contribution in [0.15, 0.2) is 63.5 Å². The molecule has 3 aromatic rings. The lowest BCUT2D eigenvalue weighted by Crippen LogP contribution is -2.41. The largest absolute Gasteiger partial charge is 0.463 e. The Bertz CT molecular complexity index is 1570. The quantitative estimate of drug-likeness (QED) is 0.475. The minimum atomic E-state index is -4.97. The van der Waals surface area contributed by atoms with Crippen molar-refractivity contribution in [3.05, 3.63) is 89.6 Å². The van der Waals surface area contributed by atoms with Crippen LogP contribution in [0.5, 0.6) is 11.5 Å². The maximum absolute atomic E-state index is 14.1. The third-order valence-electron chi connectivity index (χ3n) is 5.48. The number of hydrogen-bond donors (Lipinski definition) is 0.